The van der Waals surface area contributed by atoms with Gasteiger partial charge in [0.15, 0.2) is 5.82 Å². The van der Waals surface area contributed by atoms with Crippen molar-refractivity contribution >= 4 is 5.91 Å². The van der Waals surface area contributed by atoms with E-state index in [9.17, 15) is 4.79 Å². The molecule has 7 heteroatoms. The molecule has 0 radical (unpaired) electrons. The van der Waals surface area contributed by atoms with Crippen molar-refractivity contribution in [2.24, 2.45) is 5.73 Å². The molecular formula is C17H20N4O3. The van der Waals surface area contributed by atoms with E-state index >= 15 is 0 Å². The fourth-order valence-electron chi connectivity index (χ4n) is 2.47. The zero-order valence-corrected chi connectivity index (χ0v) is 13.8. The molecule has 2 rings (SSSR count). The van der Waals surface area contributed by atoms with E-state index in [0.717, 1.165) is 5.56 Å². The number of benzene rings is 1. The highest BCUT2D eigenvalue weighted by Gasteiger charge is 2.22. The molecule has 0 aliphatic rings. The smallest absolute Gasteiger partial charge is 0.286 e. The molecule has 0 atom stereocenters. The van der Waals surface area contributed by atoms with Gasteiger partial charge >= 0.3 is 0 Å². The third kappa shape index (κ3) is 3.15. The predicted molar refractivity (Wildman–Crippen MR) is 91.2 cm³/mol. The molecular weight excluding hydrogens is 308 g/mol. The minimum absolute atomic E-state index is 0.0623. The lowest BCUT2D eigenvalue weighted by atomic mass is 10.0. The van der Waals surface area contributed by atoms with Gasteiger partial charge in [-0.2, -0.15) is 0 Å². The van der Waals surface area contributed by atoms with Gasteiger partial charge in [-0.1, -0.05) is 12.2 Å². The summed E-state index contributed by atoms with van der Waals surface area (Å²) in [6.07, 6.45) is 3.97. The number of primary amides is 1. The van der Waals surface area contributed by atoms with Crippen LogP contribution in [0.3, 0.4) is 0 Å². The van der Waals surface area contributed by atoms with Gasteiger partial charge in [0, 0.05) is 12.6 Å². The van der Waals surface area contributed by atoms with Crippen molar-refractivity contribution < 1.29 is 14.3 Å². The van der Waals surface area contributed by atoms with Crippen LogP contribution in [0.1, 0.15) is 16.2 Å². The largest absolute Gasteiger partial charge is 0.497 e. The van der Waals surface area contributed by atoms with Crippen LogP contribution < -0.4 is 15.2 Å². The standard InChI is InChI=1S/C17H20N4O3/c1-5-7-11-9-12(23-3)10-13(24-4)14(11)16-19-20-17(15(18)22)21(16)8-6-2/h5-6,9-10H,1-2,7-8H2,3-4H3,(H2,18,22). The van der Waals surface area contributed by atoms with Crippen molar-refractivity contribution in [1.29, 1.82) is 0 Å². The Morgan fingerprint density at radius 1 is 1.25 bits per heavy atom. The second-order valence-electron chi connectivity index (χ2n) is 4.97. The summed E-state index contributed by atoms with van der Waals surface area (Å²) in [5.74, 6) is 1.08. The molecule has 126 valence electrons. The van der Waals surface area contributed by atoms with E-state index in [0.29, 0.717) is 35.9 Å². The van der Waals surface area contributed by atoms with Crippen LogP contribution in [-0.4, -0.2) is 34.9 Å². The number of rotatable bonds is 8. The Balaban J connectivity index is 2.77. The van der Waals surface area contributed by atoms with Crippen molar-refractivity contribution in [3.8, 4) is 22.9 Å². The number of nitrogens with zero attached hydrogens (tertiary/aromatic N) is 3. The SMILES string of the molecule is C=CCc1cc(OC)cc(OC)c1-c1nnc(C(N)=O)n1CC=C. The molecule has 0 aliphatic carbocycles. The molecule has 0 fully saturated rings. The summed E-state index contributed by atoms with van der Waals surface area (Å²) >= 11 is 0. The van der Waals surface area contributed by atoms with Gasteiger partial charge in [0.25, 0.3) is 5.91 Å². The molecule has 0 spiro atoms. The van der Waals surface area contributed by atoms with Gasteiger partial charge in [-0.3, -0.25) is 9.36 Å². The van der Waals surface area contributed by atoms with Crippen LogP contribution in [0.4, 0.5) is 0 Å². The fraction of sp³-hybridized carbons (Fsp3) is 0.235. The molecule has 0 saturated carbocycles. The van der Waals surface area contributed by atoms with E-state index in [1.54, 1.807) is 37.0 Å². The highest BCUT2D eigenvalue weighted by atomic mass is 16.5. The van der Waals surface area contributed by atoms with Crippen LogP contribution >= 0.6 is 0 Å². The Kier molecular flexibility index (Phi) is 5.36. The molecule has 1 amide bonds. The third-order valence-electron chi connectivity index (χ3n) is 3.48. The minimum Gasteiger partial charge on any atom is -0.497 e. The van der Waals surface area contributed by atoms with Gasteiger partial charge in [0.05, 0.1) is 19.8 Å². The first-order chi connectivity index (χ1) is 11.6. The number of carbonyl (C=O) groups excluding carboxylic acids is 1. The van der Waals surface area contributed by atoms with E-state index in [1.807, 2.05) is 6.07 Å². The number of amides is 1. The third-order valence-corrected chi connectivity index (χ3v) is 3.48. The number of allylic oxidation sites excluding steroid dienone is 2. The summed E-state index contributed by atoms with van der Waals surface area (Å²) in [6.45, 7) is 7.82. The Morgan fingerprint density at radius 2 is 2.00 bits per heavy atom. The second kappa shape index (κ2) is 7.45. The van der Waals surface area contributed by atoms with E-state index < -0.39 is 5.91 Å². The lowest BCUT2D eigenvalue weighted by Gasteiger charge is -2.15. The van der Waals surface area contributed by atoms with Crippen LogP contribution in [0.5, 0.6) is 11.5 Å². The van der Waals surface area contributed by atoms with Gasteiger partial charge in [-0.05, 0) is 18.1 Å². The zero-order valence-electron chi connectivity index (χ0n) is 13.8. The van der Waals surface area contributed by atoms with Gasteiger partial charge < -0.3 is 15.2 Å². The van der Waals surface area contributed by atoms with E-state index in [1.165, 1.54) is 0 Å². The molecule has 7 nitrogen and oxygen atoms in total. The second-order valence-corrected chi connectivity index (χ2v) is 4.97. The predicted octanol–water partition coefficient (Wildman–Crippen LogP) is 1.98. The number of hydrogen-bond acceptors (Lipinski definition) is 5. The summed E-state index contributed by atoms with van der Waals surface area (Å²) in [5, 5.41) is 8.05. The number of ether oxygens (including phenoxy) is 2. The molecule has 0 saturated heterocycles. The first-order valence-corrected chi connectivity index (χ1v) is 7.27. The van der Waals surface area contributed by atoms with Crippen LogP contribution in [0, 0.1) is 0 Å². The first kappa shape index (κ1) is 17.3. The fourth-order valence-corrected chi connectivity index (χ4v) is 2.47. The molecule has 2 N–H and O–H groups in total. The van der Waals surface area contributed by atoms with Crippen LogP contribution in [0.25, 0.3) is 11.4 Å². The van der Waals surface area contributed by atoms with Crippen molar-refractivity contribution in [3.05, 3.63) is 48.8 Å². The Bertz CT molecular complexity index is 780. The molecule has 24 heavy (non-hydrogen) atoms. The van der Waals surface area contributed by atoms with Crippen LogP contribution in [0.15, 0.2) is 37.4 Å². The molecule has 0 unspecified atom stereocenters. The number of aromatic nitrogens is 3. The Hall–Kier alpha value is -3.09. The number of hydrogen-bond donors (Lipinski definition) is 1. The summed E-state index contributed by atoms with van der Waals surface area (Å²) in [7, 11) is 3.14. The maximum Gasteiger partial charge on any atom is 0.286 e. The van der Waals surface area contributed by atoms with Crippen molar-refractivity contribution in [2.75, 3.05) is 14.2 Å². The highest BCUT2D eigenvalue weighted by molar-refractivity contribution is 5.90. The van der Waals surface area contributed by atoms with Crippen LogP contribution in [0.2, 0.25) is 0 Å². The lowest BCUT2D eigenvalue weighted by Crippen LogP contribution is -2.18. The summed E-state index contributed by atoms with van der Waals surface area (Å²) in [5.41, 5.74) is 6.98. The number of carbonyl (C=O) groups is 1. The summed E-state index contributed by atoms with van der Waals surface area (Å²) < 4.78 is 12.4. The van der Waals surface area contributed by atoms with Crippen LogP contribution in [-0.2, 0) is 13.0 Å². The maximum absolute atomic E-state index is 11.6. The highest BCUT2D eigenvalue weighted by Crippen LogP contribution is 2.37. The molecule has 1 aromatic heterocycles. The molecule has 0 bridgehead atoms. The average molecular weight is 328 g/mol. The van der Waals surface area contributed by atoms with Crippen molar-refractivity contribution in [2.45, 2.75) is 13.0 Å². The summed E-state index contributed by atoms with van der Waals surface area (Å²) in [4.78, 5) is 11.6. The van der Waals surface area contributed by atoms with Crippen molar-refractivity contribution in [3.63, 3.8) is 0 Å². The number of nitrogens with two attached hydrogens (primary N) is 1. The van der Waals surface area contributed by atoms with Gasteiger partial charge in [-0.15, -0.1) is 23.4 Å². The molecule has 1 aromatic carbocycles. The first-order valence-electron chi connectivity index (χ1n) is 7.27. The van der Waals surface area contributed by atoms with Gasteiger partial charge in [0.2, 0.25) is 5.82 Å². The monoisotopic (exact) mass is 328 g/mol. The van der Waals surface area contributed by atoms with E-state index in [4.69, 9.17) is 15.2 Å². The average Bonchev–Trinajstić information content (AvgIpc) is 2.98. The number of methoxy groups -OCH3 is 2. The lowest BCUT2D eigenvalue weighted by molar-refractivity contribution is 0.0986. The van der Waals surface area contributed by atoms with Crippen molar-refractivity contribution in [1.82, 2.24) is 14.8 Å². The quantitative estimate of drug-likeness (QED) is 0.748. The Morgan fingerprint density at radius 3 is 2.54 bits per heavy atom. The topological polar surface area (TPSA) is 92.3 Å². The van der Waals surface area contributed by atoms with E-state index in [2.05, 4.69) is 23.4 Å². The minimum atomic E-state index is -0.659. The molecule has 0 aliphatic heterocycles. The zero-order chi connectivity index (χ0) is 17.7. The Labute approximate surface area is 140 Å². The summed E-state index contributed by atoms with van der Waals surface area (Å²) in [6, 6.07) is 3.62. The normalized spacial score (nSPS) is 10.2. The molecule has 1 heterocycles. The maximum atomic E-state index is 11.6. The van der Waals surface area contributed by atoms with E-state index in [-0.39, 0.29) is 5.82 Å². The van der Waals surface area contributed by atoms with Gasteiger partial charge in [-0.25, -0.2) is 0 Å². The van der Waals surface area contributed by atoms with Gasteiger partial charge in [0.1, 0.15) is 11.5 Å². The molecule has 2 aromatic rings.